The molecule has 1 saturated carbocycles. The lowest BCUT2D eigenvalue weighted by molar-refractivity contribution is -0.371. The minimum absolute atomic E-state index is 0.140. The number of aliphatic hydroxyl groups is 3. The van der Waals surface area contributed by atoms with Gasteiger partial charge in [0.05, 0.1) is 19.3 Å². The molecule has 6 heteroatoms. The Hall–Kier alpha value is -0.240. The molecule has 1 aliphatic rings. The van der Waals surface area contributed by atoms with Crippen LogP contribution < -0.4 is 0 Å². The van der Waals surface area contributed by atoms with Crippen LogP contribution in [0.3, 0.4) is 0 Å². The Balaban J connectivity index is 2.92. The van der Waals surface area contributed by atoms with Crippen molar-refractivity contribution in [1.29, 1.82) is 0 Å². The third kappa shape index (κ3) is 2.66. The van der Waals surface area contributed by atoms with Crippen LogP contribution in [0, 0.1) is 0 Å². The molecule has 0 aromatic heterocycles. The van der Waals surface area contributed by atoms with E-state index in [4.69, 9.17) is 14.2 Å². The Kier molecular flexibility index (Phi) is 3.39. The number of hydrogen-bond acceptors (Lipinski definition) is 6. The highest BCUT2D eigenvalue weighted by Crippen LogP contribution is 2.42. The van der Waals surface area contributed by atoms with Crippen molar-refractivity contribution in [1.82, 2.24) is 0 Å². The smallest absolute Gasteiger partial charge is 0.175 e. The quantitative estimate of drug-likeness (QED) is 0.540. The third-order valence-electron chi connectivity index (χ3n) is 2.80. The topological polar surface area (TPSA) is 88.4 Å². The molecular weight excluding hydrogens is 204 g/mol. The van der Waals surface area contributed by atoms with Gasteiger partial charge in [-0.3, -0.25) is 0 Å². The van der Waals surface area contributed by atoms with Crippen LogP contribution in [0.4, 0.5) is 0 Å². The van der Waals surface area contributed by atoms with Crippen molar-refractivity contribution in [2.75, 3.05) is 21.3 Å². The van der Waals surface area contributed by atoms with Crippen LogP contribution in [0.25, 0.3) is 0 Å². The molecule has 6 nitrogen and oxygen atoms in total. The molecule has 0 spiro atoms. The summed E-state index contributed by atoms with van der Waals surface area (Å²) in [5.41, 5.74) is 0. The van der Waals surface area contributed by atoms with Gasteiger partial charge in [-0.15, -0.1) is 0 Å². The molecule has 0 bridgehead atoms. The van der Waals surface area contributed by atoms with Crippen molar-refractivity contribution in [3.63, 3.8) is 0 Å². The summed E-state index contributed by atoms with van der Waals surface area (Å²) < 4.78 is 14.5. The maximum atomic E-state index is 9.91. The molecule has 0 radical (unpaired) electrons. The highest BCUT2D eigenvalue weighted by Gasteiger charge is 2.54. The molecule has 1 fully saturated rings. The van der Waals surface area contributed by atoms with Crippen molar-refractivity contribution < 1.29 is 29.5 Å². The lowest BCUT2D eigenvalue weighted by Crippen LogP contribution is -2.58. The van der Waals surface area contributed by atoms with E-state index < -0.39 is 17.4 Å². The van der Waals surface area contributed by atoms with Crippen LogP contribution in [0.1, 0.15) is 19.3 Å². The number of hydrogen-bond donors (Lipinski definition) is 3. The molecule has 15 heavy (non-hydrogen) atoms. The van der Waals surface area contributed by atoms with Gasteiger partial charge in [0.25, 0.3) is 0 Å². The summed E-state index contributed by atoms with van der Waals surface area (Å²) in [6.07, 6.45) is -0.421. The average Bonchev–Trinajstić information content (AvgIpc) is 2.16. The second kappa shape index (κ2) is 3.97. The molecule has 3 N–H and O–H groups in total. The Bertz CT molecular complexity index is 185. The van der Waals surface area contributed by atoms with E-state index in [2.05, 4.69) is 0 Å². The Morgan fingerprint density at radius 3 is 1.00 bits per heavy atom. The average molecular weight is 222 g/mol. The summed E-state index contributed by atoms with van der Waals surface area (Å²) in [7, 11) is 3.87. The Morgan fingerprint density at radius 2 is 0.867 bits per heavy atom. The largest absolute Gasteiger partial charge is 0.365 e. The van der Waals surface area contributed by atoms with Gasteiger partial charge in [0.1, 0.15) is 0 Å². The summed E-state index contributed by atoms with van der Waals surface area (Å²) in [6.45, 7) is 0. The standard InChI is InChI=1S/C9H18O6/c1-13-7(10)4-8(11,14-2)6-9(12,5-7)15-3/h10-12H,4-6H2,1-3H3. The van der Waals surface area contributed by atoms with Crippen LogP contribution >= 0.6 is 0 Å². The molecule has 0 amide bonds. The zero-order valence-corrected chi connectivity index (χ0v) is 9.19. The van der Waals surface area contributed by atoms with Crippen molar-refractivity contribution in [2.45, 2.75) is 36.6 Å². The molecule has 1 rings (SSSR count). The van der Waals surface area contributed by atoms with E-state index in [-0.39, 0.29) is 19.3 Å². The van der Waals surface area contributed by atoms with E-state index in [1.807, 2.05) is 0 Å². The first kappa shape index (κ1) is 12.8. The van der Waals surface area contributed by atoms with Crippen LogP contribution in [-0.4, -0.2) is 54.0 Å². The molecule has 0 saturated heterocycles. The first-order chi connectivity index (χ1) is 6.80. The second-order valence-corrected chi connectivity index (χ2v) is 3.98. The van der Waals surface area contributed by atoms with E-state index in [1.54, 1.807) is 0 Å². The predicted molar refractivity (Wildman–Crippen MR) is 49.7 cm³/mol. The van der Waals surface area contributed by atoms with Crippen LogP contribution in [0.2, 0.25) is 0 Å². The van der Waals surface area contributed by atoms with Gasteiger partial charge in [0, 0.05) is 21.3 Å². The van der Waals surface area contributed by atoms with Gasteiger partial charge in [0.2, 0.25) is 0 Å². The maximum Gasteiger partial charge on any atom is 0.175 e. The minimum Gasteiger partial charge on any atom is -0.365 e. The number of ether oxygens (including phenoxy) is 3. The van der Waals surface area contributed by atoms with Gasteiger partial charge >= 0.3 is 0 Å². The van der Waals surface area contributed by atoms with Crippen LogP contribution in [0.15, 0.2) is 0 Å². The summed E-state index contributed by atoms with van der Waals surface area (Å²) >= 11 is 0. The van der Waals surface area contributed by atoms with E-state index in [9.17, 15) is 15.3 Å². The fraction of sp³-hybridized carbons (Fsp3) is 1.00. The van der Waals surface area contributed by atoms with Gasteiger partial charge in [-0.25, -0.2) is 0 Å². The van der Waals surface area contributed by atoms with Crippen LogP contribution in [0.5, 0.6) is 0 Å². The zero-order valence-electron chi connectivity index (χ0n) is 9.19. The highest BCUT2D eigenvalue weighted by molar-refractivity contribution is 4.93. The predicted octanol–water partition coefficient (Wildman–Crippen LogP) is -0.825. The van der Waals surface area contributed by atoms with Gasteiger partial charge in [-0.1, -0.05) is 0 Å². The zero-order chi connectivity index (χ0) is 11.7. The molecule has 0 aromatic carbocycles. The minimum atomic E-state index is -1.66. The van der Waals surface area contributed by atoms with Gasteiger partial charge in [-0.05, 0) is 0 Å². The molecule has 1 aliphatic carbocycles. The fourth-order valence-electron chi connectivity index (χ4n) is 1.92. The fourth-order valence-corrected chi connectivity index (χ4v) is 1.92. The molecule has 0 unspecified atom stereocenters. The van der Waals surface area contributed by atoms with Crippen molar-refractivity contribution in [3.8, 4) is 0 Å². The maximum absolute atomic E-state index is 9.91. The van der Waals surface area contributed by atoms with Gasteiger partial charge in [0.15, 0.2) is 17.4 Å². The van der Waals surface area contributed by atoms with Crippen molar-refractivity contribution in [3.05, 3.63) is 0 Å². The third-order valence-corrected chi connectivity index (χ3v) is 2.80. The first-order valence-corrected chi connectivity index (χ1v) is 4.63. The SMILES string of the molecule is COC1(O)CC(O)(OC)CC(O)(OC)C1. The first-order valence-electron chi connectivity index (χ1n) is 4.63. The lowest BCUT2D eigenvalue weighted by Gasteiger charge is -2.47. The van der Waals surface area contributed by atoms with E-state index in [0.717, 1.165) is 0 Å². The highest BCUT2D eigenvalue weighted by atomic mass is 16.7. The summed E-state index contributed by atoms with van der Waals surface area (Å²) in [6, 6.07) is 0. The van der Waals surface area contributed by atoms with E-state index >= 15 is 0 Å². The van der Waals surface area contributed by atoms with Gasteiger partial charge < -0.3 is 29.5 Å². The summed E-state index contributed by atoms with van der Waals surface area (Å²) in [4.78, 5) is 0. The normalized spacial score (nSPS) is 46.8. The Morgan fingerprint density at radius 1 is 0.667 bits per heavy atom. The summed E-state index contributed by atoms with van der Waals surface area (Å²) in [5, 5.41) is 29.7. The van der Waals surface area contributed by atoms with Crippen molar-refractivity contribution >= 4 is 0 Å². The molecular formula is C9H18O6. The van der Waals surface area contributed by atoms with Gasteiger partial charge in [-0.2, -0.15) is 0 Å². The monoisotopic (exact) mass is 222 g/mol. The van der Waals surface area contributed by atoms with Crippen LogP contribution in [-0.2, 0) is 14.2 Å². The Labute approximate surface area is 88.4 Å². The molecule has 0 heterocycles. The molecule has 0 aliphatic heterocycles. The number of rotatable bonds is 3. The van der Waals surface area contributed by atoms with E-state index in [1.165, 1.54) is 21.3 Å². The molecule has 90 valence electrons. The lowest BCUT2D eigenvalue weighted by atomic mass is 9.84. The summed E-state index contributed by atoms with van der Waals surface area (Å²) in [5.74, 6) is -4.98. The second-order valence-electron chi connectivity index (χ2n) is 3.98. The van der Waals surface area contributed by atoms with Crippen molar-refractivity contribution in [2.24, 2.45) is 0 Å². The molecule has 0 aromatic rings. The number of methoxy groups -OCH3 is 3. The molecule has 0 atom stereocenters. The van der Waals surface area contributed by atoms with E-state index in [0.29, 0.717) is 0 Å².